The van der Waals surface area contributed by atoms with E-state index < -0.39 is 0 Å². The molecule has 0 heterocycles. The van der Waals surface area contributed by atoms with Crippen molar-refractivity contribution in [1.82, 2.24) is 5.32 Å². The lowest BCUT2D eigenvalue weighted by Crippen LogP contribution is -2.47. The highest BCUT2D eigenvalue weighted by Crippen LogP contribution is 2.34. The van der Waals surface area contributed by atoms with E-state index in [1.807, 2.05) is 7.05 Å². The smallest absolute Gasteiger partial charge is 0.307 e. The summed E-state index contributed by atoms with van der Waals surface area (Å²) in [6, 6.07) is 0. The standard InChI is InChI=1S/C11H21NO2/c1-9-4-6-11(12-2,7-5-9)8-10(13)14-3/h9,12H,4-8H2,1-3H3. The molecule has 1 N–H and O–H groups in total. The van der Waals surface area contributed by atoms with E-state index in [1.54, 1.807) is 0 Å². The van der Waals surface area contributed by atoms with Crippen LogP contribution in [-0.2, 0) is 9.53 Å². The third-order valence-corrected chi connectivity index (χ3v) is 3.47. The molecule has 1 aliphatic carbocycles. The number of esters is 1. The molecule has 0 unspecified atom stereocenters. The van der Waals surface area contributed by atoms with Crippen LogP contribution in [-0.4, -0.2) is 25.7 Å². The Hall–Kier alpha value is -0.570. The normalized spacial score (nSPS) is 32.6. The van der Waals surface area contributed by atoms with Crippen LogP contribution in [0.1, 0.15) is 39.0 Å². The minimum atomic E-state index is -0.103. The van der Waals surface area contributed by atoms with E-state index in [2.05, 4.69) is 12.2 Å². The van der Waals surface area contributed by atoms with Crippen molar-refractivity contribution in [2.75, 3.05) is 14.2 Å². The molecule has 14 heavy (non-hydrogen) atoms. The zero-order chi connectivity index (χ0) is 10.6. The van der Waals surface area contributed by atoms with Gasteiger partial charge in [0.1, 0.15) is 0 Å². The zero-order valence-corrected chi connectivity index (χ0v) is 9.43. The molecule has 0 bridgehead atoms. The highest BCUT2D eigenvalue weighted by atomic mass is 16.5. The summed E-state index contributed by atoms with van der Waals surface area (Å²) in [6.07, 6.45) is 5.09. The van der Waals surface area contributed by atoms with Gasteiger partial charge >= 0.3 is 5.97 Å². The van der Waals surface area contributed by atoms with Gasteiger partial charge in [0, 0.05) is 5.54 Å². The summed E-state index contributed by atoms with van der Waals surface area (Å²) in [5, 5.41) is 3.30. The van der Waals surface area contributed by atoms with Crippen molar-refractivity contribution in [1.29, 1.82) is 0 Å². The van der Waals surface area contributed by atoms with Gasteiger partial charge in [-0.05, 0) is 38.6 Å². The number of carbonyl (C=O) groups is 1. The number of carbonyl (C=O) groups excluding carboxylic acids is 1. The minimum absolute atomic E-state index is 0.000394. The van der Waals surface area contributed by atoms with Crippen LogP contribution in [0.25, 0.3) is 0 Å². The van der Waals surface area contributed by atoms with Crippen molar-refractivity contribution in [3.63, 3.8) is 0 Å². The van der Waals surface area contributed by atoms with Crippen molar-refractivity contribution in [2.45, 2.75) is 44.6 Å². The van der Waals surface area contributed by atoms with Gasteiger partial charge in [-0.1, -0.05) is 6.92 Å². The molecule has 3 heteroatoms. The Balaban J connectivity index is 2.54. The summed E-state index contributed by atoms with van der Waals surface area (Å²) in [5.74, 6) is 0.697. The first kappa shape index (κ1) is 11.5. The molecule has 1 aliphatic rings. The first-order valence-electron chi connectivity index (χ1n) is 5.37. The quantitative estimate of drug-likeness (QED) is 0.703. The fourth-order valence-electron chi connectivity index (χ4n) is 2.18. The molecule has 1 rings (SSSR count). The second-order valence-electron chi connectivity index (χ2n) is 4.47. The lowest BCUT2D eigenvalue weighted by Gasteiger charge is -2.38. The van der Waals surface area contributed by atoms with E-state index in [9.17, 15) is 4.79 Å². The Bertz CT molecular complexity index is 195. The monoisotopic (exact) mass is 199 g/mol. The molecule has 0 radical (unpaired) electrons. The number of rotatable bonds is 3. The Morgan fingerprint density at radius 2 is 2.07 bits per heavy atom. The molecule has 1 fully saturated rings. The van der Waals surface area contributed by atoms with E-state index in [-0.39, 0.29) is 11.5 Å². The summed E-state index contributed by atoms with van der Waals surface area (Å²) in [7, 11) is 3.40. The van der Waals surface area contributed by atoms with Gasteiger partial charge in [-0.2, -0.15) is 0 Å². The number of hydrogen-bond acceptors (Lipinski definition) is 3. The first-order chi connectivity index (χ1) is 6.62. The average Bonchev–Trinajstić information content (AvgIpc) is 2.22. The predicted octanol–water partition coefficient (Wildman–Crippen LogP) is 1.72. The van der Waals surface area contributed by atoms with Crippen LogP contribution in [0.5, 0.6) is 0 Å². The molecule has 0 saturated heterocycles. The van der Waals surface area contributed by atoms with Crippen LogP contribution < -0.4 is 5.32 Å². The molecule has 0 aromatic rings. The Morgan fingerprint density at radius 3 is 2.50 bits per heavy atom. The lowest BCUT2D eigenvalue weighted by molar-refractivity contribution is -0.142. The maximum atomic E-state index is 11.3. The number of nitrogens with one attached hydrogen (secondary N) is 1. The second-order valence-corrected chi connectivity index (χ2v) is 4.47. The Morgan fingerprint density at radius 1 is 1.50 bits per heavy atom. The van der Waals surface area contributed by atoms with Crippen LogP contribution in [0, 0.1) is 5.92 Å². The first-order valence-corrected chi connectivity index (χ1v) is 5.37. The summed E-state index contributed by atoms with van der Waals surface area (Å²) in [6.45, 7) is 2.28. The van der Waals surface area contributed by atoms with Gasteiger partial charge < -0.3 is 10.1 Å². The fourth-order valence-corrected chi connectivity index (χ4v) is 2.18. The Kier molecular flexibility index (Phi) is 3.93. The van der Waals surface area contributed by atoms with Crippen LogP contribution in [0.15, 0.2) is 0 Å². The number of hydrogen-bond donors (Lipinski definition) is 1. The van der Waals surface area contributed by atoms with Crippen LogP contribution in [0.2, 0.25) is 0 Å². The molecule has 82 valence electrons. The second kappa shape index (κ2) is 4.78. The number of methoxy groups -OCH3 is 1. The SMILES string of the molecule is CNC1(CC(=O)OC)CCC(C)CC1. The third-order valence-electron chi connectivity index (χ3n) is 3.47. The van der Waals surface area contributed by atoms with Gasteiger partial charge in [0.15, 0.2) is 0 Å². The Labute approximate surface area is 86.2 Å². The van der Waals surface area contributed by atoms with Gasteiger partial charge in [-0.15, -0.1) is 0 Å². The van der Waals surface area contributed by atoms with Crippen LogP contribution >= 0.6 is 0 Å². The molecule has 0 aromatic carbocycles. The molecule has 0 aromatic heterocycles. The van der Waals surface area contributed by atoms with E-state index in [1.165, 1.54) is 20.0 Å². The van der Waals surface area contributed by atoms with E-state index >= 15 is 0 Å². The van der Waals surface area contributed by atoms with Crippen molar-refractivity contribution < 1.29 is 9.53 Å². The van der Waals surface area contributed by atoms with Crippen molar-refractivity contribution in [3.8, 4) is 0 Å². The van der Waals surface area contributed by atoms with Crippen LogP contribution in [0.4, 0.5) is 0 Å². The van der Waals surface area contributed by atoms with Crippen molar-refractivity contribution in [3.05, 3.63) is 0 Å². The molecule has 0 amide bonds. The summed E-state index contributed by atoms with van der Waals surface area (Å²) in [5.41, 5.74) is -0.000394. The third kappa shape index (κ3) is 2.71. The van der Waals surface area contributed by atoms with Crippen molar-refractivity contribution >= 4 is 5.97 Å². The highest BCUT2D eigenvalue weighted by Gasteiger charge is 2.34. The average molecular weight is 199 g/mol. The van der Waals surface area contributed by atoms with Gasteiger partial charge in [0.05, 0.1) is 13.5 Å². The summed E-state index contributed by atoms with van der Waals surface area (Å²) in [4.78, 5) is 11.3. The maximum absolute atomic E-state index is 11.3. The molecular weight excluding hydrogens is 178 g/mol. The zero-order valence-electron chi connectivity index (χ0n) is 9.43. The maximum Gasteiger partial charge on any atom is 0.307 e. The molecule has 1 saturated carbocycles. The predicted molar refractivity (Wildman–Crippen MR) is 56.1 cm³/mol. The van der Waals surface area contributed by atoms with Gasteiger partial charge in [0.2, 0.25) is 0 Å². The number of ether oxygens (including phenoxy) is 1. The minimum Gasteiger partial charge on any atom is -0.469 e. The van der Waals surface area contributed by atoms with E-state index in [0.29, 0.717) is 6.42 Å². The molecule has 0 atom stereocenters. The van der Waals surface area contributed by atoms with Gasteiger partial charge in [-0.3, -0.25) is 4.79 Å². The highest BCUT2D eigenvalue weighted by molar-refractivity contribution is 5.70. The molecule has 0 spiro atoms. The van der Waals surface area contributed by atoms with E-state index in [0.717, 1.165) is 18.8 Å². The molecule has 0 aliphatic heterocycles. The summed E-state index contributed by atoms with van der Waals surface area (Å²) >= 11 is 0. The fraction of sp³-hybridized carbons (Fsp3) is 0.909. The largest absolute Gasteiger partial charge is 0.469 e. The molecule has 3 nitrogen and oxygen atoms in total. The molecular formula is C11H21NO2. The topological polar surface area (TPSA) is 38.3 Å². The summed E-state index contributed by atoms with van der Waals surface area (Å²) < 4.78 is 4.73. The van der Waals surface area contributed by atoms with Crippen LogP contribution in [0.3, 0.4) is 0 Å². The van der Waals surface area contributed by atoms with Gasteiger partial charge in [0.25, 0.3) is 0 Å². The van der Waals surface area contributed by atoms with E-state index in [4.69, 9.17) is 4.74 Å². The van der Waals surface area contributed by atoms with Gasteiger partial charge in [-0.25, -0.2) is 0 Å². The lowest BCUT2D eigenvalue weighted by atomic mass is 9.75. The van der Waals surface area contributed by atoms with Crippen molar-refractivity contribution in [2.24, 2.45) is 5.92 Å².